The lowest BCUT2D eigenvalue weighted by Gasteiger charge is -2.33. The Kier molecular flexibility index (Phi) is 12.1. The van der Waals surface area contributed by atoms with Crippen LogP contribution in [0, 0.1) is 0 Å². The third kappa shape index (κ3) is 8.87. The summed E-state index contributed by atoms with van der Waals surface area (Å²) < 4.78 is 37.6. The Morgan fingerprint density at radius 3 is 2.24 bits per heavy atom. The van der Waals surface area contributed by atoms with Crippen molar-refractivity contribution < 1.29 is 27.5 Å². The van der Waals surface area contributed by atoms with Crippen LogP contribution in [0.3, 0.4) is 0 Å². The molecule has 1 unspecified atom stereocenters. The molecule has 3 aromatic carbocycles. The van der Waals surface area contributed by atoms with Crippen LogP contribution in [0.1, 0.15) is 30.9 Å². The van der Waals surface area contributed by atoms with E-state index in [4.69, 9.17) is 21.1 Å². The van der Waals surface area contributed by atoms with Crippen LogP contribution in [0.5, 0.6) is 11.5 Å². The van der Waals surface area contributed by atoms with E-state index >= 15 is 0 Å². The number of benzene rings is 3. The summed E-state index contributed by atoms with van der Waals surface area (Å²) in [6, 6.07) is 20.1. The van der Waals surface area contributed by atoms with Crippen LogP contribution in [-0.4, -0.2) is 64.7 Å². The summed E-state index contributed by atoms with van der Waals surface area (Å²) in [6.07, 6.45) is 2.92. The van der Waals surface area contributed by atoms with E-state index in [1.807, 2.05) is 37.3 Å². The second kappa shape index (κ2) is 15.5. The molecule has 0 saturated carbocycles. The van der Waals surface area contributed by atoms with Crippen LogP contribution in [0.15, 0.2) is 72.8 Å². The van der Waals surface area contributed by atoms with Crippen molar-refractivity contribution in [3.63, 3.8) is 0 Å². The van der Waals surface area contributed by atoms with Gasteiger partial charge in [0.1, 0.15) is 12.6 Å². The monoisotopic (exact) mass is 615 g/mol. The van der Waals surface area contributed by atoms with Gasteiger partial charge in [0.2, 0.25) is 21.8 Å². The van der Waals surface area contributed by atoms with Gasteiger partial charge in [-0.3, -0.25) is 13.9 Å². The number of nitrogens with zero attached hydrogens (tertiary/aromatic N) is 2. The topological polar surface area (TPSA) is 105 Å². The minimum atomic E-state index is -3.93. The summed E-state index contributed by atoms with van der Waals surface area (Å²) in [4.78, 5) is 29.2. The quantitative estimate of drug-likeness (QED) is 0.249. The van der Waals surface area contributed by atoms with Crippen molar-refractivity contribution in [3.8, 4) is 11.5 Å². The molecule has 0 aliphatic rings. The maximum absolute atomic E-state index is 14.2. The fraction of sp³-hybridized carbons (Fsp3) is 0.355. The van der Waals surface area contributed by atoms with Gasteiger partial charge in [-0.25, -0.2) is 8.42 Å². The number of methoxy groups -OCH3 is 2. The highest BCUT2D eigenvalue weighted by molar-refractivity contribution is 7.92. The van der Waals surface area contributed by atoms with Crippen LogP contribution < -0.4 is 19.1 Å². The van der Waals surface area contributed by atoms with Crippen LogP contribution in [-0.2, 0) is 32.6 Å². The fourth-order valence-corrected chi connectivity index (χ4v) is 5.50. The molecular formula is C31H38ClN3O6S. The first-order valence-electron chi connectivity index (χ1n) is 13.6. The molecular weight excluding hydrogens is 578 g/mol. The summed E-state index contributed by atoms with van der Waals surface area (Å²) in [5, 5.41) is 3.39. The van der Waals surface area contributed by atoms with Crippen LogP contribution in [0.25, 0.3) is 0 Å². The maximum atomic E-state index is 14.2. The van der Waals surface area contributed by atoms with Gasteiger partial charge < -0.3 is 19.7 Å². The number of carbonyl (C=O) groups is 2. The summed E-state index contributed by atoms with van der Waals surface area (Å²) >= 11 is 6.49. The second-order valence-corrected chi connectivity index (χ2v) is 12.1. The Labute approximate surface area is 253 Å². The molecule has 0 radical (unpaired) electrons. The number of anilines is 1. The highest BCUT2D eigenvalue weighted by Gasteiger charge is 2.33. The van der Waals surface area contributed by atoms with Gasteiger partial charge in [0, 0.05) is 30.6 Å². The number of hydrogen-bond donors (Lipinski definition) is 1. The molecule has 1 N–H and O–H groups in total. The zero-order chi connectivity index (χ0) is 30.7. The van der Waals surface area contributed by atoms with Crippen LogP contribution >= 0.6 is 11.6 Å². The predicted octanol–water partition coefficient (Wildman–Crippen LogP) is 4.68. The average molecular weight is 616 g/mol. The molecule has 9 nitrogen and oxygen atoms in total. The number of amides is 2. The van der Waals surface area contributed by atoms with E-state index in [-0.39, 0.29) is 24.6 Å². The Morgan fingerprint density at radius 2 is 1.62 bits per heavy atom. The smallest absolute Gasteiger partial charge is 0.244 e. The Hall–Kier alpha value is -3.76. The molecule has 0 saturated heterocycles. The van der Waals surface area contributed by atoms with Crippen molar-refractivity contribution in [1.82, 2.24) is 10.2 Å². The SMILES string of the molecule is CCCCNC(=O)C(Cc1ccccc1)N(Cc1ccccc1Cl)C(=O)CN(c1ccc(OC)c(OC)c1)S(C)(=O)=O. The van der Waals surface area contributed by atoms with E-state index in [2.05, 4.69) is 5.32 Å². The predicted molar refractivity (Wildman–Crippen MR) is 166 cm³/mol. The molecule has 2 amide bonds. The summed E-state index contributed by atoms with van der Waals surface area (Å²) in [7, 11) is -1.02. The lowest BCUT2D eigenvalue weighted by molar-refractivity contribution is -0.140. The number of rotatable bonds is 15. The van der Waals surface area contributed by atoms with E-state index in [0.29, 0.717) is 28.6 Å². The number of nitrogens with one attached hydrogen (secondary N) is 1. The first-order valence-corrected chi connectivity index (χ1v) is 15.9. The summed E-state index contributed by atoms with van der Waals surface area (Å²) in [5.41, 5.74) is 1.70. The van der Waals surface area contributed by atoms with Crippen molar-refractivity contribution in [2.75, 3.05) is 37.9 Å². The van der Waals surface area contributed by atoms with Crippen molar-refractivity contribution in [2.24, 2.45) is 0 Å². The average Bonchev–Trinajstić information content (AvgIpc) is 2.98. The molecule has 0 heterocycles. The normalized spacial score (nSPS) is 11.8. The van der Waals surface area contributed by atoms with Crippen LogP contribution in [0.4, 0.5) is 5.69 Å². The van der Waals surface area contributed by atoms with Gasteiger partial charge in [0.25, 0.3) is 0 Å². The Bertz CT molecular complexity index is 1450. The van der Waals surface area contributed by atoms with Crippen molar-refractivity contribution in [3.05, 3.63) is 88.9 Å². The number of halogens is 1. The molecule has 1 atom stereocenters. The molecule has 42 heavy (non-hydrogen) atoms. The number of sulfonamides is 1. The zero-order valence-corrected chi connectivity index (χ0v) is 26.0. The minimum absolute atomic E-state index is 0.000734. The van der Waals surface area contributed by atoms with Gasteiger partial charge in [0.15, 0.2) is 11.5 Å². The largest absolute Gasteiger partial charge is 0.493 e. The summed E-state index contributed by atoms with van der Waals surface area (Å²) in [6.45, 7) is 1.93. The van der Waals surface area contributed by atoms with E-state index in [1.54, 1.807) is 30.3 Å². The van der Waals surface area contributed by atoms with E-state index in [9.17, 15) is 18.0 Å². The molecule has 0 aromatic heterocycles. The molecule has 3 rings (SSSR count). The lowest BCUT2D eigenvalue weighted by atomic mass is 10.0. The first-order chi connectivity index (χ1) is 20.1. The van der Waals surface area contributed by atoms with Gasteiger partial charge in [-0.1, -0.05) is 73.5 Å². The minimum Gasteiger partial charge on any atom is -0.493 e. The molecule has 3 aromatic rings. The number of unbranched alkanes of at least 4 members (excludes halogenated alkanes) is 1. The first kappa shape index (κ1) is 32.8. The standard InChI is InChI=1S/C31H38ClN3O6S/c1-5-6-18-33-31(37)27(19-23-12-8-7-9-13-23)34(21-24-14-10-11-15-26(24)32)30(36)22-35(42(4,38)39)25-16-17-28(40-2)29(20-25)41-3/h7-17,20,27H,5-6,18-19,21-22H2,1-4H3,(H,33,37). The fourth-order valence-electron chi connectivity index (χ4n) is 4.46. The van der Waals surface area contributed by atoms with Gasteiger partial charge in [-0.05, 0) is 35.7 Å². The summed E-state index contributed by atoms with van der Waals surface area (Å²) in [5.74, 6) is -0.180. The molecule has 0 bridgehead atoms. The van der Waals surface area contributed by atoms with Gasteiger partial charge in [0.05, 0.1) is 26.2 Å². The number of carbonyl (C=O) groups excluding carboxylic acids is 2. The maximum Gasteiger partial charge on any atom is 0.244 e. The highest BCUT2D eigenvalue weighted by Crippen LogP contribution is 2.32. The van der Waals surface area contributed by atoms with Crippen molar-refractivity contribution >= 4 is 39.1 Å². The molecule has 0 spiro atoms. The number of ether oxygens (including phenoxy) is 2. The van der Waals surface area contributed by atoms with E-state index in [1.165, 1.54) is 31.3 Å². The number of hydrogen-bond acceptors (Lipinski definition) is 6. The molecule has 0 aliphatic heterocycles. The van der Waals surface area contributed by atoms with Crippen LogP contribution in [0.2, 0.25) is 5.02 Å². The molecule has 0 fully saturated rings. The van der Waals surface area contributed by atoms with E-state index in [0.717, 1.165) is 29.0 Å². The second-order valence-electron chi connectivity index (χ2n) is 9.77. The molecule has 226 valence electrons. The van der Waals surface area contributed by atoms with Gasteiger partial charge in [-0.15, -0.1) is 0 Å². The molecule has 0 aliphatic carbocycles. The van der Waals surface area contributed by atoms with E-state index < -0.39 is 28.5 Å². The Balaban J connectivity index is 2.07. The highest BCUT2D eigenvalue weighted by atomic mass is 35.5. The Morgan fingerprint density at radius 1 is 0.952 bits per heavy atom. The molecule has 11 heteroatoms. The van der Waals surface area contributed by atoms with Gasteiger partial charge in [-0.2, -0.15) is 0 Å². The third-order valence-corrected chi connectivity index (χ3v) is 8.24. The van der Waals surface area contributed by atoms with Crippen molar-refractivity contribution in [1.29, 1.82) is 0 Å². The third-order valence-electron chi connectivity index (χ3n) is 6.73. The lowest BCUT2D eigenvalue weighted by Crippen LogP contribution is -2.53. The zero-order valence-electron chi connectivity index (χ0n) is 24.4. The van der Waals surface area contributed by atoms with Gasteiger partial charge >= 0.3 is 0 Å². The van der Waals surface area contributed by atoms with Crippen molar-refractivity contribution in [2.45, 2.75) is 38.8 Å².